The predicted molar refractivity (Wildman–Crippen MR) is 78.7 cm³/mol. The lowest BCUT2D eigenvalue weighted by atomic mass is 10.1. The first-order chi connectivity index (χ1) is 7.26. The summed E-state index contributed by atoms with van der Waals surface area (Å²) in [5.74, 6) is 2.39. The fourth-order valence-electron chi connectivity index (χ4n) is 1.41. The third-order valence-corrected chi connectivity index (χ3v) is 4.09. The molecule has 0 radical (unpaired) electrons. The zero-order chi connectivity index (χ0) is 11.1. The highest BCUT2D eigenvalue weighted by molar-refractivity contribution is 14.1. The summed E-state index contributed by atoms with van der Waals surface area (Å²) in [6.07, 6.45) is 1.13. The number of benzene rings is 1. The molecule has 1 aromatic carbocycles. The average molecular weight is 335 g/mol. The van der Waals surface area contributed by atoms with Crippen LogP contribution in [0, 0.1) is 3.57 Å². The van der Waals surface area contributed by atoms with Gasteiger partial charge in [0.15, 0.2) is 0 Å². The van der Waals surface area contributed by atoms with E-state index in [0.29, 0.717) is 6.04 Å². The molecule has 0 aliphatic heterocycles. The monoisotopic (exact) mass is 335 g/mol. The van der Waals surface area contributed by atoms with Crippen LogP contribution in [0.3, 0.4) is 0 Å². The fourth-order valence-corrected chi connectivity index (χ4v) is 2.57. The van der Waals surface area contributed by atoms with E-state index in [9.17, 15) is 0 Å². The van der Waals surface area contributed by atoms with E-state index in [2.05, 4.69) is 59.1 Å². The average Bonchev–Trinajstić information content (AvgIpc) is 2.27. The van der Waals surface area contributed by atoms with Crippen LogP contribution in [0.2, 0.25) is 0 Å². The van der Waals surface area contributed by atoms with Crippen molar-refractivity contribution in [2.45, 2.75) is 19.4 Å². The summed E-state index contributed by atoms with van der Waals surface area (Å²) in [6, 6.07) is 9.39. The maximum Gasteiger partial charge on any atom is 0.0195 e. The molecule has 0 saturated heterocycles. The van der Waals surface area contributed by atoms with Crippen molar-refractivity contribution in [3.8, 4) is 0 Å². The Bertz CT molecular complexity index is 273. The minimum absolute atomic E-state index is 0.593. The second-order valence-electron chi connectivity index (χ2n) is 3.48. The number of thioether (sulfide) groups is 1. The van der Waals surface area contributed by atoms with Gasteiger partial charge in [0.25, 0.3) is 0 Å². The number of hydrogen-bond donors (Lipinski definition) is 1. The minimum Gasteiger partial charge on any atom is -0.316 e. The van der Waals surface area contributed by atoms with E-state index in [-0.39, 0.29) is 0 Å². The summed E-state index contributed by atoms with van der Waals surface area (Å²) in [4.78, 5) is 0. The zero-order valence-corrected chi connectivity index (χ0v) is 12.3. The van der Waals surface area contributed by atoms with Gasteiger partial charge in [0.2, 0.25) is 0 Å². The standard InChI is InChI=1S/C12H18INS/c1-3-15-9-12(14-2)8-10-4-6-11(13)7-5-10/h4-7,12,14H,3,8-9H2,1-2H3. The van der Waals surface area contributed by atoms with Crippen LogP contribution in [0.5, 0.6) is 0 Å². The zero-order valence-electron chi connectivity index (χ0n) is 9.29. The van der Waals surface area contributed by atoms with Gasteiger partial charge in [-0.2, -0.15) is 11.8 Å². The lowest BCUT2D eigenvalue weighted by Crippen LogP contribution is -2.30. The number of rotatable bonds is 6. The van der Waals surface area contributed by atoms with Crippen molar-refractivity contribution in [1.29, 1.82) is 0 Å². The molecule has 0 spiro atoms. The van der Waals surface area contributed by atoms with Gasteiger partial charge in [0, 0.05) is 15.4 Å². The third kappa shape index (κ3) is 5.22. The van der Waals surface area contributed by atoms with Gasteiger partial charge in [-0.3, -0.25) is 0 Å². The highest BCUT2D eigenvalue weighted by Crippen LogP contribution is 2.11. The van der Waals surface area contributed by atoms with E-state index in [4.69, 9.17) is 0 Å². The van der Waals surface area contributed by atoms with E-state index in [1.54, 1.807) is 0 Å². The molecule has 0 aliphatic rings. The van der Waals surface area contributed by atoms with Crippen molar-refractivity contribution in [3.05, 3.63) is 33.4 Å². The number of likely N-dealkylation sites (N-methyl/N-ethyl adjacent to an activating group) is 1. The van der Waals surface area contributed by atoms with Crippen LogP contribution in [0.4, 0.5) is 0 Å². The molecule has 1 aromatic rings. The summed E-state index contributed by atoms with van der Waals surface area (Å²) >= 11 is 4.34. The van der Waals surface area contributed by atoms with Gasteiger partial charge in [0.05, 0.1) is 0 Å². The van der Waals surface area contributed by atoms with Crippen LogP contribution >= 0.6 is 34.4 Å². The van der Waals surface area contributed by atoms with Crippen LogP contribution in [0.25, 0.3) is 0 Å². The smallest absolute Gasteiger partial charge is 0.0195 e. The van der Waals surface area contributed by atoms with Gasteiger partial charge in [-0.1, -0.05) is 19.1 Å². The second kappa shape index (κ2) is 7.52. The molecule has 3 heteroatoms. The molecule has 1 atom stereocenters. The van der Waals surface area contributed by atoms with Crippen LogP contribution in [-0.4, -0.2) is 24.6 Å². The van der Waals surface area contributed by atoms with E-state index < -0.39 is 0 Å². The Kier molecular flexibility index (Phi) is 6.68. The SMILES string of the molecule is CCSCC(Cc1ccc(I)cc1)NC. The summed E-state index contributed by atoms with van der Waals surface area (Å²) in [5, 5.41) is 3.38. The first kappa shape index (κ1) is 13.3. The van der Waals surface area contributed by atoms with Crippen molar-refractivity contribution >= 4 is 34.4 Å². The molecule has 0 aromatic heterocycles. The molecule has 0 aliphatic carbocycles. The van der Waals surface area contributed by atoms with E-state index in [0.717, 1.165) is 6.42 Å². The van der Waals surface area contributed by atoms with Gasteiger partial charge >= 0.3 is 0 Å². The highest BCUT2D eigenvalue weighted by Gasteiger charge is 2.06. The summed E-state index contributed by atoms with van der Waals surface area (Å²) in [5.41, 5.74) is 1.42. The fraction of sp³-hybridized carbons (Fsp3) is 0.500. The molecule has 1 unspecified atom stereocenters. The molecule has 84 valence electrons. The van der Waals surface area contributed by atoms with E-state index in [1.807, 2.05) is 18.8 Å². The first-order valence-corrected chi connectivity index (χ1v) is 7.49. The Morgan fingerprint density at radius 1 is 1.33 bits per heavy atom. The second-order valence-corrected chi connectivity index (χ2v) is 6.04. The van der Waals surface area contributed by atoms with Crippen molar-refractivity contribution < 1.29 is 0 Å². The quantitative estimate of drug-likeness (QED) is 0.802. The Morgan fingerprint density at radius 2 is 2.00 bits per heavy atom. The molecule has 1 rings (SSSR count). The number of hydrogen-bond acceptors (Lipinski definition) is 2. The van der Waals surface area contributed by atoms with Crippen molar-refractivity contribution in [3.63, 3.8) is 0 Å². The van der Waals surface area contributed by atoms with Crippen LogP contribution in [0.1, 0.15) is 12.5 Å². The molecule has 0 bridgehead atoms. The van der Waals surface area contributed by atoms with Gasteiger partial charge in [0.1, 0.15) is 0 Å². The van der Waals surface area contributed by atoms with Crippen molar-refractivity contribution in [2.75, 3.05) is 18.6 Å². The largest absolute Gasteiger partial charge is 0.316 e. The van der Waals surface area contributed by atoms with Gasteiger partial charge < -0.3 is 5.32 Å². The third-order valence-electron chi connectivity index (χ3n) is 2.33. The maximum absolute atomic E-state index is 3.38. The van der Waals surface area contributed by atoms with E-state index >= 15 is 0 Å². The summed E-state index contributed by atoms with van der Waals surface area (Å²) in [7, 11) is 2.05. The molecule has 1 N–H and O–H groups in total. The molecular weight excluding hydrogens is 317 g/mol. The van der Waals surface area contributed by atoms with Crippen molar-refractivity contribution in [2.24, 2.45) is 0 Å². The normalized spacial score (nSPS) is 12.7. The Labute approximate surface area is 111 Å². The molecule has 0 saturated carbocycles. The molecule has 15 heavy (non-hydrogen) atoms. The summed E-state index contributed by atoms with van der Waals surface area (Å²) in [6.45, 7) is 2.21. The predicted octanol–water partition coefficient (Wildman–Crippen LogP) is 3.17. The maximum atomic E-state index is 3.38. The lowest BCUT2D eigenvalue weighted by Gasteiger charge is -2.15. The molecule has 0 heterocycles. The number of nitrogens with one attached hydrogen (secondary N) is 1. The topological polar surface area (TPSA) is 12.0 Å². The van der Waals surface area contributed by atoms with Crippen LogP contribution in [-0.2, 0) is 6.42 Å². The molecule has 0 fully saturated rings. The van der Waals surface area contributed by atoms with Crippen LogP contribution < -0.4 is 5.32 Å². The Balaban J connectivity index is 2.47. The number of halogens is 1. The molecule has 0 amide bonds. The van der Waals surface area contributed by atoms with E-state index in [1.165, 1.54) is 20.6 Å². The van der Waals surface area contributed by atoms with Gasteiger partial charge in [-0.05, 0) is 59.5 Å². The van der Waals surface area contributed by atoms with Gasteiger partial charge in [-0.15, -0.1) is 0 Å². The molecule has 1 nitrogen and oxygen atoms in total. The Hall–Kier alpha value is 0.260. The van der Waals surface area contributed by atoms with Gasteiger partial charge in [-0.25, -0.2) is 0 Å². The van der Waals surface area contributed by atoms with Crippen molar-refractivity contribution in [1.82, 2.24) is 5.32 Å². The van der Waals surface area contributed by atoms with Crippen LogP contribution in [0.15, 0.2) is 24.3 Å². The Morgan fingerprint density at radius 3 is 2.53 bits per heavy atom. The lowest BCUT2D eigenvalue weighted by molar-refractivity contribution is 0.617. The highest BCUT2D eigenvalue weighted by atomic mass is 127. The first-order valence-electron chi connectivity index (χ1n) is 5.25. The minimum atomic E-state index is 0.593. The summed E-state index contributed by atoms with van der Waals surface area (Å²) < 4.78 is 1.31. The molecular formula is C12H18INS.